The molecule has 1 fully saturated rings. The number of piperidine rings is 1. The van der Waals surface area contributed by atoms with Gasteiger partial charge in [0.15, 0.2) is 0 Å². The molecule has 1 saturated heterocycles. The molecular formula is C18H22BrFN2O2. The van der Waals surface area contributed by atoms with E-state index in [0.717, 1.165) is 5.56 Å². The van der Waals surface area contributed by atoms with Gasteiger partial charge in [-0.2, -0.15) is 5.26 Å². The summed E-state index contributed by atoms with van der Waals surface area (Å²) < 4.78 is 19.3. The van der Waals surface area contributed by atoms with Crippen molar-refractivity contribution in [2.24, 2.45) is 5.41 Å². The van der Waals surface area contributed by atoms with Crippen molar-refractivity contribution in [1.29, 1.82) is 5.26 Å². The standard InChI is InChI=1S/C18H22BrFN2O2/c1-17(2,3)24-16(23)22-8-6-18(12-21,7-9-22)11-13-4-5-14(20)10-15(13)19/h4-5,10H,6-9,11H2,1-3H3. The van der Waals surface area contributed by atoms with E-state index in [1.807, 2.05) is 20.8 Å². The van der Waals surface area contributed by atoms with Crippen LogP contribution in [0.1, 0.15) is 39.2 Å². The Hall–Kier alpha value is -1.61. The molecule has 4 nitrogen and oxygen atoms in total. The second-order valence-corrected chi connectivity index (χ2v) is 8.13. The Bertz CT molecular complexity index is 656. The van der Waals surface area contributed by atoms with Crippen LogP contribution in [0.3, 0.4) is 0 Å². The smallest absolute Gasteiger partial charge is 0.410 e. The van der Waals surface area contributed by atoms with E-state index in [9.17, 15) is 14.4 Å². The Kier molecular flexibility index (Phi) is 5.54. The van der Waals surface area contributed by atoms with Crippen molar-refractivity contribution < 1.29 is 13.9 Å². The number of carbonyl (C=O) groups is 1. The van der Waals surface area contributed by atoms with E-state index >= 15 is 0 Å². The summed E-state index contributed by atoms with van der Waals surface area (Å²) in [5.74, 6) is -0.309. The molecule has 0 N–H and O–H groups in total. The van der Waals surface area contributed by atoms with Crippen LogP contribution in [-0.2, 0) is 11.2 Å². The van der Waals surface area contributed by atoms with Crippen molar-refractivity contribution in [3.8, 4) is 6.07 Å². The Balaban J connectivity index is 2.04. The molecule has 1 aliphatic rings. The van der Waals surface area contributed by atoms with Crippen molar-refractivity contribution in [3.05, 3.63) is 34.1 Å². The number of hydrogen-bond donors (Lipinski definition) is 0. The molecule has 0 unspecified atom stereocenters. The molecule has 0 bridgehead atoms. The molecule has 2 rings (SSSR count). The summed E-state index contributed by atoms with van der Waals surface area (Å²) in [5.41, 5.74) is -0.165. The highest BCUT2D eigenvalue weighted by Crippen LogP contribution is 2.36. The first-order chi connectivity index (χ1) is 11.1. The van der Waals surface area contributed by atoms with Crippen LogP contribution < -0.4 is 0 Å². The van der Waals surface area contributed by atoms with Gasteiger partial charge in [0.1, 0.15) is 11.4 Å². The molecule has 0 aromatic heterocycles. The monoisotopic (exact) mass is 396 g/mol. The first-order valence-electron chi connectivity index (χ1n) is 7.97. The van der Waals surface area contributed by atoms with Crippen LogP contribution in [0.25, 0.3) is 0 Å². The Morgan fingerprint density at radius 2 is 2.04 bits per heavy atom. The Labute approximate surface area is 150 Å². The van der Waals surface area contributed by atoms with Crippen LogP contribution in [0.5, 0.6) is 0 Å². The molecule has 0 atom stereocenters. The molecule has 1 amide bonds. The van der Waals surface area contributed by atoms with Gasteiger partial charge in [-0.1, -0.05) is 22.0 Å². The highest BCUT2D eigenvalue weighted by Gasteiger charge is 2.37. The lowest BCUT2D eigenvalue weighted by atomic mass is 9.75. The molecule has 1 aromatic carbocycles. The van der Waals surface area contributed by atoms with Crippen molar-refractivity contribution >= 4 is 22.0 Å². The van der Waals surface area contributed by atoms with E-state index < -0.39 is 11.0 Å². The number of nitriles is 1. The summed E-state index contributed by atoms with van der Waals surface area (Å²) in [5, 5.41) is 9.69. The quantitative estimate of drug-likeness (QED) is 0.729. The van der Waals surface area contributed by atoms with Gasteiger partial charge < -0.3 is 9.64 Å². The zero-order valence-corrected chi connectivity index (χ0v) is 15.8. The number of amides is 1. The maximum absolute atomic E-state index is 13.2. The van der Waals surface area contributed by atoms with Crippen LogP contribution in [0.2, 0.25) is 0 Å². The zero-order chi connectivity index (χ0) is 18.0. The summed E-state index contributed by atoms with van der Waals surface area (Å²) in [7, 11) is 0. The highest BCUT2D eigenvalue weighted by atomic mass is 79.9. The van der Waals surface area contributed by atoms with Gasteiger partial charge in [-0.15, -0.1) is 0 Å². The van der Waals surface area contributed by atoms with Crippen molar-refractivity contribution in [2.45, 2.75) is 45.6 Å². The fraction of sp³-hybridized carbons (Fsp3) is 0.556. The van der Waals surface area contributed by atoms with Gasteiger partial charge >= 0.3 is 6.09 Å². The van der Waals surface area contributed by atoms with Crippen LogP contribution in [0, 0.1) is 22.6 Å². The van der Waals surface area contributed by atoms with Crippen LogP contribution >= 0.6 is 15.9 Å². The largest absolute Gasteiger partial charge is 0.444 e. The minimum atomic E-state index is -0.543. The number of likely N-dealkylation sites (tertiary alicyclic amines) is 1. The Morgan fingerprint density at radius 3 is 2.54 bits per heavy atom. The summed E-state index contributed by atoms with van der Waals surface area (Å²) in [6.45, 7) is 6.48. The molecule has 0 saturated carbocycles. The lowest BCUT2D eigenvalue weighted by Crippen LogP contribution is -2.45. The summed E-state index contributed by atoms with van der Waals surface area (Å²) in [6.07, 6.45) is 1.35. The minimum absolute atomic E-state index is 0.309. The number of nitrogens with zero attached hydrogens (tertiary/aromatic N) is 2. The maximum Gasteiger partial charge on any atom is 0.410 e. The summed E-state index contributed by atoms with van der Waals surface area (Å²) in [4.78, 5) is 13.8. The molecule has 1 aromatic rings. The SMILES string of the molecule is CC(C)(C)OC(=O)N1CCC(C#N)(Cc2ccc(F)cc2Br)CC1. The number of halogens is 2. The number of hydrogen-bond acceptors (Lipinski definition) is 3. The molecule has 1 heterocycles. The summed E-state index contributed by atoms with van der Waals surface area (Å²) >= 11 is 3.36. The molecular weight excluding hydrogens is 375 g/mol. The second-order valence-electron chi connectivity index (χ2n) is 7.27. The fourth-order valence-electron chi connectivity index (χ4n) is 2.80. The number of ether oxygens (including phenoxy) is 1. The van der Waals surface area contributed by atoms with Gasteiger partial charge in [-0.25, -0.2) is 9.18 Å². The van der Waals surface area contributed by atoms with E-state index in [2.05, 4.69) is 22.0 Å². The summed E-state index contributed by atoms with van der Waals surface area (Å²) in [6, 6.07) is 6.95. The average Bonchev–Trinajstić information content (AvgIpc) is 2.49. The lowest BCUT2D eigenvalue weighted by Gasteiger charge is -2.38. The molecule has 6 heteroatoms. The minimum Gasteiger partial charge on any atom is -0.444 e. The van der Waals surface area contributed by atoms with Crippen LogP contribution in [0.4, 0.5) is 9.18 Å². The topological polar surface area (TPSA) is 53.3 Å². The van der Waals surface area contributed by atoms with Gasteiger partial charge in [0, 0.05) is 17.6 Å². The van der Waals surface area contributed by atoms with E-state index in [0.29, 0.717) is 36.8 Å². The molecule has 24 heavy (non-hydrogen) atoms. The molecule has 1 aliphatic heterocycles. The first kappa shape index (κ1) is 18.7. The predicted octanol–water partition coefficient (Wildman–Crippen LogP) is 4.67. The maximum atomic E-state index is 13.2. The third-order valence-corrected chi connectivity index (χ3v) is 4.89. The first-order valence-corrected chi connectivity index (χ1v) is 8.77. The third kappa shape index (κ3) is 4.70. The van der Waals surface area contributed by atoms with E-state index in [1.54, 1.807) is 11.0 Å². The lowest BCUT2D eigenvalue weighted by molar-refractivity contribution is 0.0148. The van der Waals surface area contributed by atoms with Gasteiger partial charge in [-0.05, 0) is 57.7 Å². The number of benzene rings is 1. The van der Waals surface area contributed by atoms with Gasteiger partial charge in [0.2, 0.25) is 0 Å². The highest BCUT2D eigenvalue weighted by molar-refractivity contribution is 9.10. The molecule has 0 radical (unpaired) electrons. The number of carbonyl (C=O) groups excluding carboxylic acids is 1. The van der Waals surface area contributed by atoms with Crippen LogP contribution in [0.15, 0.2) is 22.7 Å². The van der Waals surface area contributed by atoms with Gasteiger partial charge in [0.25, 0.3) is 0 Å². The predicted molar refractivity (Wildman–Crippen MR) is 92.9 cm³/mol. The molecule has 0 aliphatic carbocycles. The molecule has 130 valence electrons. The van der Waals surface area contributed by atoms with E-state index in [1.165, 1.54) is 12.1 Å². The second kappa shape index (κ2) is 7.10. The van der Waals surface area contributed by atoms with Crippen molar-refractivity contribution in [3.63, 3.8) is 0 Å². The zero-order valence-electron chi connectivity index (χ0n) is 14.2. The van der Waals surface area contributed by atoms with E-state index in [4.69, 9.17) is 4.74 Å². The van der Waals surface area contributed by atoms with Crippen LogP contribution in [-0.4, -0.2) is 29.7 Å². The normalized spacial score (nSPS) is 17.2. The van der Waals surface area contributed by atoms with Gasteiger partial charge in [0.05, 0.1) is 11.5 Å². The number of rotatable bonds is 2. The molecule has 0 spiro atoms. The average molecular weight is 397 g/mol. The van der Waals surface area contributed by atoms with Gasteiger partial charge in [-0.3, -0.25) is 0 Å². The van der Waals surface area contributed by atoms with Crippen molar-refractivity contribution in [2.75, 3.05) is 13.1 Å². The van der Waals surface area contributed by atoms with E-state index in [-0.39, 0.29) is 11.9 Å². The third-order valence-electron chi connectivity index (χ3n) is 4.15. The fourth-order valence-corrected chi connectivity index (χ4v) is 3.29. The Morgan fingerprint density at radius 1 is 1.42 bits per heavy atom. The van der Waals surface area contributed by atoms with Crippen molar-refractivity contribution in [1.82, 2.24) is 4.90 Å².